The molecule has 2 aliphatic heterocycles. The van der Waals surface area contributed by atoms with Gasteiger partial charge in [-0.3, -0.25) is 9.20 Å². The quantitative estimate of drug-likeness (QED) is 0.422. The van der Waals surface area contributed by atoms with Crippen molar-refractivity contribution in [1.29, 1.82) is 0 Å². The van der Waals surface area contributed by atoms with Crippen molar-refractivity contribution in [3.05, 3.63) is 30.3 Å². The molecule has 3 rings (SSSR count). The fourth-order valence-corrected chi connectivity index (χ4v) is 4.35. The van der Waals surface area contributed by atoms with Gasteiger partial charge >= 0.3 is 0 Å². The summed E-state index contributed by atoms with van der Waals surface area (Å²) in [7, 11) is 0.844. The Hall–Kier alpha value is -0.670. The molecule has 2 unspecified atom stereocenters. The van der Waals surface area contributed by atoms with Crippen LogP contribution in [0.3, 0.4) is 0 Å². The topological polar surface area (TPSA) is 53.9 Å². The summed E-state index contributed by atoms with van der Waals surface area (Å²) in [5.74, 6) is 1.50. The summed E-state index contributed by atoms with van der Waals surface area (Å²) in [6.07, 6.45) is 2.32. The Labute approximate surface area is 163 Å². The molecule has 0 aromatic heterocycles. The maximum absolute atomic E-state index is 12.2. The molecule has 1 spiro atoms. The Bertz CT molecular complexity index is 576. The van der Waals surface area contributed by atoms with Gasteiger partial charge in [0.1, 0.15) is 0 Å². The van der Waals surface area contributed by atoms with Crippen LogP contribution < -0.4 is 5.32 Å². The molecule has 1 aromatic carbocycles. The number of aliphatic imine (C=N–C) groups is 1. The monoisotopic (exact) mass is 463 g/mol. The van der Waals surface area contributed by atoms with E-state index in [0.717, 1.165) is 43.6 Å². The van der Waals surface area contributed by atoms with Crippen molar-refractivity contribution in [2.24, 2.45) is 10.4 Å². The fourth-order valence-electron chi connectivity index (χ4n) is 3.37. The van der Waals surface area contributed by atoms with E-state index >= 15 is 0 Å². The molecule has 24 heavy (non-hydrogen) atoms. The van der Waals surface area contributed by atoms with E-state index in [-0.39, 0.29) is 24.0 Å². The average Bonchev–Trinajstić information content (AvgIpc) is 3.22. The van der Waals surface area contributed by atoms with Crippen LogP contribution in [0.2, 0.25) is 0 Å². The smallest absolute Gasteiger partial charge is 0.193 e. The van der Waals surface area contributed by atoms with E-state index < -0.39 is 10.8 Å². The first-order valence-corrected chi connectivity index (χ1v) is 9.51. The minimum absolute atomic E-state index is 0. The van der Waals surface area contributed by atoms with Crippen LogP contribution in [0.1, 0.15) is 12.8 Å². The van der Waals surface area contributed by atoms with Crippen molar-refractivity contribution in [3.63, 3.8) is 0 Å². The first-order chi connectivity index (χ1) is 11.2. The molecule has 7 heteroatoms. The zero-order chi connectivity index (χ0) is 16.1. The molecule has 2 aliphatic rings. The number of rotatable bonds is 4. The third kappa shape index (κ3) is 4.70. The molecule has 2 fully saturated rings. The minimum Gasteiger partial charge on any atom is -0.381 e. The summed E-state index contributed by atoms with van der Waals surface area (Å²) in [5.41, 5.74) is 0.324. The largest absolute Gasteiger partial charge is 0.381 e. The first kappa shape index (κ1) is 19.7. The van der Waals surface area contributed by atoms with Crippen molar-refractivity contribution in [3.8, 4) is 0 Å². The van der Waals surface area contributed by atoms with Gasteiger partial charge in [0.15, 0.2) is 5.96 Å². The highest BCUT2D eigenvalue weighted by molar-refractivity contribution is 14.0. The van der Waals surface area contributed by atoms with Crippen LogP contribution in [0.5, 0.6) is 0 Å². The molecule has 0 bridgehead atoms. The molecule has 134 valence electrons. The van der Waals surface area contributed by atoms with Crippen molar-refractivity contribution < 1.29 is 8.95 Å². The second-order valence-corrected chi connectivity index (χ2v) is 7.88. The Kier molecular flexibility index (Phi) is 7.49. The Balaban J connectivity index is 0.00000208. The molecule has 0 aliphatic carbocycles. The lowest BCUT2D eigenvalue weighted by molar-refractivity contribution is 0.156. The van der Waals surface area contributed by atoms with Crippen LogP contribution >= 0.6 is 24.0 Å². The summed E-state index contributed by atoms with van der Waals surface area (Å²) in [4.78, 5) is 7.57. The van der Waals surface area contributed by atoms with Crippen molar-refractivity contribution in [1.82, 2.24) is 10.2 Å². The number of hydrogen-bond donors (Lipinski definition) is 1. The molecule has 5 nitrogen and oxygen atoms in total. The van der Waals surface area contributed by atoms with Gasteiger partial charge < -0.3 is 15.0 Å². The van der Waals surface area contributed by atoms with E-state index in [1.54, 1.807) is 0 Å². The van der Waals surface area contributed by atoms with Crippen LogP contribution in [0.15, 0.2) is 40.2 Å². The van der Waals surface area contributed by atoms with Gasteiger partial charge in [-0.25, -0.2) is 0 Å². The Morgan fingerprint density at radius 2 is 2.17 bits per heavy atom. The van der Waals surface area contributed by atoms with Gasteiger partial charge in [-0.2, -0.15) is 0 Å². The van der Waals surface area contributed by atoms with E-state index in [1.807, 2.05) is 37.4 Å². The number of ether oxygens (including phenoxy) is 1. The molecule has 1 aromatic rings. The van der Waals surface area contributed by atoms with E-state index in [9.17, 15) is 4.21 Å². The number of guanidine groups is 1. The molecule has 2 heterocycles. The average molecular weight is 463 g/mol. The molecule has 2 saturated heterocycles. The number of halogens is 1. The molecule has 0 saturated carbocycles. The van der Waals surface area contributed by atoms with Gasteiger partial charge in [-0.15, -0.1) is 24.0 Å². The predicted octanol–water partition coefficient (Wildman–Crippen LogP) is 2.10. The van der Waals surface area contributed by atoms with Gasteiger partial charge in [-0.1, -0.05) is 18.2 Å². The normalized spacial score (nSPS) is 24.9. The molecule has 1 N–H and O–H groups in total. The molecule has 0 radical (unpaired) electrons. The lowest BCUT2D eigenvalue weighted by Gasteiger charge is -2.24. The summed E-state index contributed by atoms with van der Waals surface area (Å²) < 4.78 is 17.8. The first-order valence-electron chi connectivity index (χ1n) is 8.19. The van der Waals surface area contributed by atoms with Gasteiger partial charge in [-0.05, 0) is 25.0 Å². The second kappa shape index (κ2) is 9.15. The van der Waals surface area contributed by atoms with Crippen LogP contribution in [0.4, 0.5) is 0 Å². The van der Waals surface area contributed by atoms with E-state index in [2.05, 4.69) is 15.2 Å². The van der Waals surface area contributed by atoms with Crippen LogP contribution in [-0.2, 0) is 15.5 Å². The zero-order valence-corrected chi connectivity index (χ0v) is 17.2. The summed E-state index contributed by atoms with van der Waals surface area (Å²) >= 11 is 0. The number of nitrogens with zero attached hydrogens (tertiary/aromatic N) is 2. The standard InChI is InChI=1S/C17H25N3O2S.HI/c1-18-16(20-10-7-17(13-20)8-11-22-14-17)19-9-12-23(21)15-5-3-2-4-6-15;/h2-6H,7-14H2,1H3,(H,18,19);1H. The Morgan fingerprint density at radius 3 is 2.83 bits per heavy atom. The maximum atomic E-state index is 12.2. The van der Waals surface area contributed by atoms with E-state index in [1.165, 1.54) is 6.42 Å². The van der Waals surface area contributed by atoms with Crippen LogP contribution in [-0.4, -0.2) is 60.7 Å². The molecule has 2 atom stereocenters. The number of likely N-dealkylation sites (tertiary alicyclic amines) is 1. The molecular formula is C17H26IN3O2S. The highest BCUT2D eigenvalue weighted by Gasteiger charge is 2.42. The van der Waals surface area contributed by atoms with E-state index in [4.69, 9.17) is 4.74 Å². The summed E-state index contributed by atoms with van der Waals surface area (Å²) in [6, 6.07) is 9.61. The van der Waals surface area contributed by atoms with Gasteiger partial charge in [0.25, 0.3) is 0 Å². The van der Waals surface area contributed by atoms with Crippen LogP contribution in [0, 0.1) is 5.41 Å². The summed E-state index contributed by atoms with van der Waals surface area (Å²) in [6.45, 7) is 4.45. The summed E-state index contributed by atoms with van der Waals surface area (Å²) in [5, 5.41) is 3.36. The van der Waals surface area contributed by atoms with E-state index in [0.29, 0.717) is 17.7 Å². The second-order valence-electron chi connectivity index (χ2n) is 6.31. The number of benzene rings is 1. The Morgan fingerprint density at radius 1 is 1.38 bits per heavy atom. The highest BCUT2D eigenvalue weighted by atomic mass is 127. The lowest BCUT2D eigenvalue weighted by Crippen LogP contribution is -2.42. The molecule has 0 amide bonds. The van der Waals surface area contributed by atoms with Crippen molar-refractivity contribution in [2.45, 2.75) is 17.7 Å². The minimum atomic E-state index is -0.968. The predicted molar refractivity (Wildman–Crippen MR) is 109 cm³/mol. The lowest BCUT2D eigenvalue weighted by atomic mass is 9.87. The van der Waals surface area contributed by atoms with Crippen molar-refractivity contribution >= 4 is 40.7 Å². The molecular weight excluding hydrogens is 437 g/mol. The number of nitrogens with one attached hydrogen (secondary N) is 1. The highest BCUT2D eigenvalue weighted by Crippen LogP contribution is 2.38. The third-order valence-corrected chi connectivity index (χ3v) is 6.08. The fraction of sp³-hybridized carbons (Fsp3) is 0.588. The van der Waals surface area contributed by atoms with Gasteiger partial charge in [0, 0.05) is 49.4 Å². The van der Waals surface area contributed by atoms with Gasteiger partial charge in [0.05, 0.1) is 17.4 Å². The zero-order valence-electron chi connectivity index (χ0n) is 14.1. The number of hydrogen-bond acceptors (Lipinski definition) is 3. The van der Waals surface area contributed by atoms with Crippen molar-refractivity contribution in [2.75, 3.05) is 45.6 Å². The van der Waals surface area contributed by atoms with Crippen LogP contribution in [0.25, 0.3) is 0 Å². The SMILES string of the molecule is CN=C(NCCS(=O)c1ccccc1)N1CCC2(CCOC2)C1.I. The van der Waals surface area contributed by atoms with Gasteiger partial charge in [0.2, 0.25) is 0 Å². The third-order valence-electron chi connectivity index (χ3n) is 4.71. The maximum Gasteiger partial charge on any atom is 0.193 e.